The van der Waals surface area contributed by atoms with Gasteiger partial charge in [-0.25, -0.2) is 9.97 Å². The molecule has 1 aromatic rings. The molecular formula is C13H21N3. The largest absolute Gasteiger partial charge is 0.316 e. The first-order valence-corrected chi connectivity index (χ1v) is 6.40. The number of nitrogens with one attached hydrogen (secondary N) is 1. The van der Waals surface area contributed by atoms with Gasteiger partial charge in [0.1, 0.15) is 5.82 Å². The number of nitrogens with zero attached hydrogens (tertiary/aromatic N) is 2. The highest BCUT2D eigenvalue weighted by Gasteiger charge is 2.14. The molecule has 3 heteroatoms. The van der Waals surface area contributed by atoms with Gasteiger partial charge >= 0.3 is 0 Å². The van der Waals surface area contributed by atoms with Gasteiger partial charge in [-0.2, -0.15) is 0 Å². The molecule has 1 aromatic heterocycles. The first-order chi connectivity index (χ1) is 7.88. The minimum Gasteiger partial charge on any atom is -0.316 e. The van der Waals surface area contributed by atoms with Crippen LogP contribution in [0.5, 0.6) is 0 Å². The van der Waals surface area contributed by atoms with Crippen molar-refractivity contribution in [2.24, 2.45) is 5.92 Å². The lowest BCUT2D eigenvalue weighted by Crippen LogP contribution is -2.31. The summed E-state index contributed by atoms with van der Waals surface area (Å²) in [6.45, 7) is 4.49. The number of aryl methyl sites for hydroxylation is 1. The standard InChI is InChI=1S/C13H21N3/c1-2-4-12-6-8-15-13(16-12)9-11-5-3-7-14-10-11/h6,8,11,14H,2-5,7,9-10H2,1H3. The third-order valence-corrected chi connectivity index (χ3v) is 3.14. The molecule has 0 spiro atoms. The maximum absolute atomic E-state index is 4.62. The van der Waals surface area contributed by atoms with Crippen molar-refractivity contribution in [3.8, 4) is 0 Å². The van der Waals surface area contributed by atoms with E-state index < -0.39 is 0 Å². The second-order valence-electron chi connectivity index (χ2n) is 4.63. The van der Waals surface area contributed by atoms with E-state index in [4.69, 9.17) is 0 Å². The molecule has 1 aliphatic rings. The number of piperidine rings is 1. The predicted octanol–water partition coefficient (Wildman–Crippen LogP) is 1.97. The summed E-state index contributed by atoms with van der Waals surface area (Å²) in [6.07, 6.45) is 7.77. The summed E-state index contributed by atoms with van der Waals surface area (Å²) in [6, 6.07) is 2.03. The molecule has 3 nitrogen and oxygen atoms in total. The fraction of sp³-hybridized carbons (Fsp3) is 0.692. The van der Waals surface area contributed by atoms with Crippen molar-refractivity contribution in [1.29, 1.82) is 0 Å². The molecule has 2 rings (SSSR count). The number of rotatable bonds is 4. The van der Waals surface area contributed by atoms with Crippen LogP contribution < -0.4 is 5.32 Å². The third-order valence-electron chi connectivity index (χ3n) is 3.14. The Morgan fingerprint density at radius 3 is 3.19 bits per heavy atom. The van der Waals surface area contributed by atoms with Crippen molar-refractivity contribution >= 4 is 0 Å². The van der Waals surface area contributed by atoms with E-state index in [0.29, 0.717) is 0 Å². The highest BCUT2D eigenvalue weighted by molar-refractivity contribution is 5.03. The Hall–Kier alpha value is -0.960. The molecular weight excluding hydrogens is 198 g/mol. The highest BCUT2D eigenvalue weighted by atomic mass is 14.9. The summed E-state index contributed by atoms with van der Waals surface area (Å²) in [5.74, 6) is 1.75. The number of aromatic nitrogens is 2. The Kier molecular flexibility index (Phi) is 4.28. The van der Waals surface area contributed by atoms with Crippen molar-refractivity contribution in [3.05, 3.63) is 23.8 Å². The van der Waals surface area contributed by atoms with Crippen molar-refractivity contribution in [2.45, 2.75) is 39.0 Å². The lowest BCUT2D eigenvalue weighted by Gasteiger charge is -2.21. The molecule has 88 valence electrons. The molecule has 0 amide bonds. The maximum atomic E-state index is 4.62. The summed E-state index contributed by atoms with van der Waals surface area (Å²) in [4.78, 5) is 8.99. The van der Waals surface area contributed by atoms with E-state index in [0.717, 1.165) is 37.5 Å². The summed E-state index contributed by atoms with van der Waals surface area (Å²) >= 11 is 0. The molecule has 16 heavy (non-hydrogen) atoms. The van der Waals surface area contributed by atoms with E-state index in [-0.39, 0.29) is 0 Å². The van der Waals surface area contributed by atoms with Crippen LogP contribution in [0.2, 0.25) is 0 Å². The summed E-state index contributed by atoms with van der Waals surface area (Å²) < 4.78 is 0. The Morgan fingerprint density at radius 1 is 1.50 bits per heavy atom. The summed E-state index contributed by atoms with van der Waals surface area (Å²) in [5, 5.41) is 3.44. The molecule has 0 aromatic carbocycles. The SMILES string of the molecule is CCCc1ccnc(CC2CCCNC2)n1. The molecule has 1 atom stereocenters. The van der Waals surface area contributed by atoms with Crippen LogP contribution in [0.4, 0.5) is 0 Å². The van der Waals surface area contributed by atoms with Crippen LogP contribution in [-0.4, -0.2) is 23.1 Å². The monoisotopic (exact) mass is 219 g/mol. The zero-order valence-electron chi connectivity index (χ0n) is 10.1. The molecule has 0 radical (unpaired) electrons. The zero-order valence-corrected chi connectivity index (χ0v) is 10.1. The van der Waals surface area contributed by atoms with Gasteiger partial charge in [-0.05, 0) is 44.3 Å². The first-order valence-electron chi connectivity index (χ1n) is 6.40. The van der Waals surface area contributed by atoms with Crippen LogP contribution in [0, 0.1) is 5.92 Å². The number of hydrogen-bond donors (Lipinski definition) is 1. The molecule has 0 aliphatic carbocycles. The summed E-state index contributed by atoms with van der Waals surface area (Å²) in [7, 11) is 0. The van der Waals surface area contributed by atoms with Crippen molar-refractivity contribution in [3.63, 3.8) is 0 Å². The first kappa shape index (κ1) is 11.5. The molecule has 2 heterocycles. The average Bonchev–Trinajstić information content (AvgIpc) is 2.31. The summed E-state index contributed by atoms with van der Waals surface area (Å²) in [5.41, 5.74) is 1.19. The van der Waals surface area contributed by atoms with Gasteiger partial charge in [-0.1, -0.05) is 13.3 Å². The van der Waals surface area contributed by atoms with Crippen molar-refractivity contribution in [1.82, 2.24) is 15.3 Å². The van der Waals surface area contributed by atoms with Gasteiger partial charge in [-0.15, -0.1) is 0 Å². The Balaban J connectivity index is 1.94. The predicted molar refractivity (Wildman–Crippen MR) is 65.3 cm³/mol. The van der Waals surface area contributed by atoms with E-state index in [1.54, 1.807) is 0 Å². The van der Waals surface area contributed by atoms with Crippen LogP contribution in [0.3, 0.4) is 0 Å². The van der Waals surface area contributed by atoms with E-state index in [1.165, 1.54) is 25.1 Å². The third kappa shape index (κ3) is 3.27. The highest BCUT2D eigenvalue weighted by Crippen LogP contribution is 2.14. The Bertz CT molecular complexity index is 319. The topological polar surface area (TPSA) is 37.8 Å². The van der Waals surface area contributed by atoms with E-state index >= 15 is 0 Å². The number of hydrogen-bond acceptors (Lipinski definition) is 3. The van der Waals surface area contributed by atoms with Gasteiger partial charge < -0.3 is 5.32 Å². The molecule has 1 N–H and O–H groups in total. The van der Waals surface area contributed by atoms with E-state index in [1.807, 2.05) is 12.3 Å². The second kappa shape index (κ2) is 5.94. The normalized spacial score (nSPS) is 20.9. The average molecular weight is 219 g/mol. The lowest BCUT2D eigenvalue weighted by atomic mass is 9.96. The van der Waals surface area contributed by atoms with Crippen molar-refractivity contribution in [2.75, 3.05) is 13.1 Å². The van der Waals surface area contributed by atoms with Crippen LogP contribution in [-0.2, 0) is 12.8 Å². The van der Waals surface area contributed by atoms with Gasteiger partial charge in [-0.3, -0.25) is 0 Å². The van der Waals surface area contributed by atoms with Gasteiger partial charge in [0.05, 0.1) is 0 Å². The quantitative estimate of drug-likeness (QED) is 0.841. The fourth-order valence-corrected chi connectivity index (χ4v) is 2.29. The fourth-order valence-electron chi connectivity index (χ4n) is 2.29. The van der Waals surface area contributed by atoms with Crippen molar-refractivity contribution < 1.29 is 0 Å². The molecule has 1 aliphatic heterocycles. The molecule has 1 unspecified atom stereocenters. The molecule has 0 saturated carbocycles. The van der Waals surface area contributed by atoms with Gasteiger partial charge in [0.2, 0.25) is 0 Å². The van der Waals surface area contributed by atoms with E-state index in [2.05, 4.69) is 22.2 Å². The van der Waals surface area contributed by atoms with Gasteiger partial charge in [0.15, 0.2) is 0 Å². The Labute approximate surface area is 97.7 Å². The lowest BCUT2D eigenvalue weighted by molar-refractivity contribution is 0.370. The van der Waals surface area contributed by atoms with Crippen LogP contribution >= 0.6 is 0 Å². The minimum absolute atomic E-state index is 0.727. The molecule has 0 bridgehead atoms. The van der Waals surface area contributed by atoms with Crippen LogP contribution in [0.1, 0.15) is 37.7 Å². The molecule has 1 fully saturated rings. The smallest absolute Gasteiger partial charge is 0.128 e. The second-order valence-corrected chi connectivity index (χ2v) is 4.63. The minimum atomic E-state index is 0.727. The molecule has 1 saturated heterocycles. The van der Waals surface area contributed by atoms with Gasteiger partial charge in [0.25, 0.3) is 0 Å². The Morgan fingerprint density at radius 2 is 2.44 bits per heavy atom. The zero-order chi connectivity index (χ0) is 11.2. The van der Waals surface area contributed by atoms with Crippen LogP contribution in [0.15, 0.2) is 12.3 Å². The maximum Gasteiger partial charge on any atom is 0.128 e. The van der Waals surface area contributed by atoms with Crippen LogP contribution in [0.25, 0.3) is 0 Å². The van der Waals surface area contributed by atoms with E-state index in [9.17, 15) is 0 Å². The van der Waals surface area contributed by atoms with Gasteiger partial charge in [0, 0.05) is 18.3 Å².